The number of piperidine rings is 2. The summed E-state index contributed by atoms with van der Waals surface area (Å²) in [6.07, 6.45) is 8.95. The largest absolute Gasteiger partial charge is 0.481 e. The third-order valence-corrected chi connectivity index (χ3v) is 6.08. The molecule has 2 aliphatic rings. The first-order valence-electron chi connectivity index (χ1n) is 11.0. The highest BCUT2D eigenvalue weighted by molar-refractivity contribution is 5.97. The number of likely N-dealkylation sites (tertiary alicyclic amines) is 1. The number of nitrogens with one attached hydrogen (secondary N) is 1. The summed E-state index contributed by atoms with van der Waals surface area (Å²) >= 11 is 0. The van der Waals surface area contributed by atoms with Crippen molar-refractivity contribution in [3.8, 4) is 0 Å². The molecule has 1 unspecified atom stereocenters. The molecule has 164 valence electrons. The van der Waals surface area contributed by atoms with Gasteiger partial charge >= 0.3 is 5.97 Å². The van der Waals surface area contributed by atoms with Crippen LogP contribution in [0.5, 0.6) is 0 Å². The zero-order chi connectivity index (χ0) is 21.3. The molecule has 0 radical (unpaired) electrons. The van der Waals surface area contributed by atoms with E-state index in [4.69, 9.17) is 0 Å². The van der Waals surface area contributed by atoms with Crippen LogP contribution in [0.3, 0.4) is 0 Å². The van der Waals surface area contributed by atoms with E-state index in [-0.39, 0.29) is 24.8 Å². The monoisotopic (exact) mass is 416 g/mol. The van der Waals surface area contributed by atoms with Crippen molar-refractivity contribution in [3.63, 3.8) is 0 Å². The Balaban J connectivity index is 1.78. The van der Waals surface area contributed by atoms with E-state index in [0.29, 0.717) is 31.0 Å². The lowest BCUT2D eigenvalue weighted by Gasteiger charge is -2.35. The summed E-state index contributed by atoms with van der Waals surface area (Å²) in [4.78, 5) is 44.5. The number of aromatic nitrogens is 1. The highest BCUT2D eigenvalue weighted by Crippen LogP contribution is 2.26. The molecule has 2 aliphatic heterocycles. The van der Waals surface area contributed by atoms with Crippen LogP contribution < -0.4 is 10.2 Å². The topological polar surface area (TPSA) is 103 Å². The quantitative estimate of drug-likeness (QED) is 0.639. The van der Waals surface area contributed by atoms with E-state index in [2.05, 4.69) is 10.3 Å². The van der Waals surface area contributed by atoms with Crippen LogP contribution >= 0.6 is 0 Å². The lowest BCUT2D eigenvalue weighted by Crippen LogP contribution is -2.49. The SMILES string of the molecule is O=C(O)CC(CCC1CCNCC1)N(C(=O)CN1CCCCC1=O)c1cccnc1. The van der Waals surface area contributed by atoms with Crippen LogP contribution in [0.1, 0.15) is 51.4 Å². The van der Waals surface area contributed by atoms with Crippen molar-refractivity contribution in [2.24, 2.45) is 5.92 Å². The molecular weight excluding hydrogens is 384 g/mol. The van der Waals surface area contributed by atoms with Gasteiger partial charge in [0.15, 0.2) is 0 Å². The Kier molecular flexibility index (Phi) is 8.19. The van der Waals surface area contributed by atoms with Crippen molar-refractivity contribution in [2.75, 3.05) is 31.1 Å². The van der Waals surface area contributed by atoms with Crippen molar-refractivity contribution in [1.29, 1.82) is 0 Å². The third kappa shape index (κ3) is 6.26. The highest BCUT2D eigenvalue weighted by Gasteiger charge is 2.31. The first kappa shape index (κ1) is 22.2. The number of hydrogen-bond acceptors (Lipinski definition) is 5. The second-order valence-electron chi connectivity index (χ2n) is 8.27. The summed E-state index contributed by atoms with van der Waals surface area (Å²) < 4.78 is 0. The van der Waals surface area contributed by atoms with Crippen LogP contribution in [0.2, 0.25) is 0 Å². The molecule has 1 atom stereocenters. The molecule has 2 amide bonds. The zero-order valence-electron chi connectivity index (χ0n) is 17.5. The number of carbonyl (C=O) groups is 3. The standard InChI is InChI=1S/C22H32N4O4/c27-20-5-1-2-13-25(20)16-21(28)26(19-4-3-10-24-15-19)18(14-22(29)30)7-6-17-8-11-23-12-9-17/h3-4,10,15,17-18,23H,1-2,5-9,11-14,16H2,(H,29,30). The number of amides is 2. The maximum absolute atomic E-state index is 13.3. The Bertz CT molecular complexity index is 721. The Morgan fingerprint density at radius 3 is 2.77 bits per heavy atom. The smallest absolute Gasteiger partial charge is 0.305 e. The summed E-state index contributed by atoms with van der Waals surface area (Å²) in [6, 6.07) is 3.06. The molecule has 0 saturated carbocycles. The summed E-state index contributed by atoms with van der Waals surface area (Å²) in [5.74, 6) is -0.641. The van der Waals surface area contributed by atoms with E-state index in [1.165, 1.54) is 0 Å². The minimum atomic E-state index is -0.930. The molecule has 0 aromatic carbocycles. The van der Waals surface area contributed by atoms with E-state index in [9.17, 15) is 19.5 Å². The predicted octanol–water partition coefficient (Wildman–Crippen LogP) is 2.05. The van der Waals surface area contributed by atoms with Gasteiger partial charge in [-0.05, 0) is 69.7 Å². The van der Waals surface area contributed by atoms with Gasteiger partial charge in [0.05, 0.1) is 18.3 Å². The molecule has 3 heterocycles. The van der Waals surface area contributed by atoms with Crippen molar-refractivity contribution in [2.45, 2.75) is 57.4 Å². The van der Waals surface area contributed by atoms with Crippen molar-refractivity contribution in [3.05, 3.63) is 24.5 Å². The third-order valence-electron chi connectivity index (χ3n) is 6.08. The zero-order valence-corrected chi connectivity index (χ0v) is 17.5. The number of anilines is 1. The van der Waals surface area contributed by atoms with Crippen LogP contribution in [0.15, 0.2) is 24.5 Å². The van der Waals surface area contributed by atoms with Crippen LogP contribution in [0.4, 0.5) is 5.69 Å². The molecule has 0 spiro atoms. The minimum absolute atomic E-state index is 0.00905. The summed E-state index contributed by atoms with van der Waals surface area (Å²) in [5.41, 5.74) is 0.587. The molecule has 1 aromatic rings. The van der Waals surface area contributed by atoms with E-state index >= 15 is 0 Å². The normalized spacial score (nSPS) is 18.8. The summed E-state index contributed by atoms with van der Waals surface area (Å²) in [5, 5.41) is 12.9. The maximum Gasteiger partial charge on any atom is 0.305 e. The number of carbonyl (C=O) groups excluding carboxylic acids is 2. The number of aliphatic carboxylic acids is 1. The average Bonchev–Trinajstić information content (AvgIpc) is 2.75. The van der Waals surface area contributed by atoms with Gasteiger partial charge in [0.2, 0.25) is 11.8 Å². The average molecular weight is 417 g/mol. The number of pyridine rings is 1. The molecule has 2 fully saturated rings. The predicted molar refractivity (Wildman–Crippen MR) is 113 cm³/mol. The Morgan fingerprint density at radius 1 is 1.30 bits per heavy atom. The molecule has 8 nitrogen and oxygen atoms in total. The number of carboxylic acid groups (broad SMARTS) is 1. The Labute approximate surface area is 177 Å². The number of nitrogens with zero attached hydrogens (tertiary/aromatic N) is 3. The van der Waals surface area contributed by atoms with Gasteiger partial charge in [-0.25, -0.2) is 0 Å². The van der Waals surface area contributed by atoms with E-state index in [1.807, 2.05) is 0 Å². The van der Waals surface area contributed by atoms with Gasteiger partial charge in [-0.2, -0.15) is 0 Å². The van der Waals surface area contributed by atoms with Gasteiger partial charge < -0.3 is 20.2 Å². The molecule has 1 aromatic heterocycles. The molecular formula is C22H32N4O4. The first-order chi connectivity index (χ1) is 14.5. The molecule has 8 heteroatoms. The van der Waals surface area contributed by atoms with Crippen LogP contribution in [0, 0.1) is 5.92 Å². The molecule has 0 bridgehead atoms. The number of rotatable bonds is 9. The number of carboxylic acids is 1. The molecule has 2 saturated heterocycles. The van der Waals surface area contributed by atoms with Crippen LogP contribution in [0.25, 0.3) is 0 Å². The van der Waals surface area contributed by atoms with E-state index in [0.717, 1.165) is 45.2 Å². The second-order valence-corrected chi connectivity index (χ2v) is 8.27. The van der Waals surface area contributed by atoms with Gasteiger partial charge in [0, 0.05) is 25.2 Å². The lowest BCUT2D eigenvalue weighted by molar-refractivity contribution is -0.139. The summed E-state index contributed by atoms with van der Waals surface area (Å²) in [6.45, 7) is 2.52. The van der Waals surface area contributed by atoms with Crippen LogP contribution in [-0.4, -0.2) is 65.0 Å². The molecule has 30 heavy (non-hydrogen) atoms. The van der Waals surface area contributed by atoms with E-state index in [1.54, 1.807) is 34.3 Å². The van der Waals surface area contributed by atoms with Gasteiger partial charge in [-0.1, -0.05) is 0 Å². The number of hydrogen-bond donors (Lipinski definition) is 2. The highest BCUT2D eigenvalue weighted by atomic mass is 16.4. The Morgan fingerprint density at radius 2 is 2.10 bits per heavy atom. The van der Waals surface area contributed by atoms with Gasteiger partial charge in [-0.3, -0.25) is 19.4 Å². The fourth-order valence-corrected chi connectivity index (χ4v) is 4.45. The van der Waals surface area contributed by atoms with Crippen molar-refractivity contribution < 1.29 is 19.5 Å². The summed E-state index contributed by atoms with van der Waals surface area (Å²) in [7, 11) is 0. The fraction of sp³-hybridized carbons (Fsp3) is 0.636. The van der Waals surface area contributed by atoms with Gasteiger partial charge in [0.1, 0.15) is 6.54 Å². The van der Waals surface area contributed by atoms with E-state index < -0.39 is 12.0 Å². The van der Waals surface area contributed by atoms with Crippen molar-refractivity contribution >= 4 is 23.5 Å². The van der Waals surface area contributed by atoms with Crippen molar-refractivity contribution in [1.82, 2.24) is 15.2 Å². The maximum atomic E-state index is 13.3. The van der Waals surface area contributed by atoms with Gasteiger partial charge in [-0.15, -0.1) is 0 Å². The molecule has 3 rings (SSSR count). The second kappa shape index (κ2) is 11.1. The first-order valence-corrected chi connectivity index (χ1v) is 11.0. The minimum Gasteiger partial charge on any atom is -0.481 e. The fourth-order valence-electron chi connectivity index (χ4n) is 4.45. The van der Waals surface area contributed by atoms with Crippen LogP contribution in [-0.2, 0) is 14.4 Å². The lowest BCUT2D eigenvalue weighted by atomic mass is 9.90. The molecule has 0 aliphatic carbocycles. The van der Waals surface area contributed by atoms with Gasteiger partial charge in [0.25, 0.3) is 0 Å². The Hall–Kier alpha value is -2.48. The molecule has 2 N–H and O–H groups in total.